The third kappa shape index (κ3) is 3.74. The Morgan fingerprint density at radius 1 is 0.844 bits per heavy atom. The number of allylic oxidation sites excluding steroid dienone is 3. The Morgan fingerprint density at radius 3 is 2.12 bits per heavy atom. The first-order valence-corrected chi connectivity index (χ1v) is 11.0. The van der Waals surface area contributed by atoms with E-state index in [-0.39, 0.29) is 5.78 Å². The summed E-state index contributed by atoms with van der Waals surface area (Å²) < 4.78 is 2.29. The number of hydrogen-bond acceptors (Lipinski definition) is 1. The first-order chi connectivity index (χ1) is 15.6. The van der Waals surface area contributed by atoms with Gasteiger partial charge in [0.05, 0.1) is 5.69 Å². The number of Topliss-reactive ketones (excluding diaryl/α,β-unsaturated/α-hetero) is 1. The second kappa shape index (κ2) is 8.49. The first-order valence-electron chi connectivity index (χ1n) is 10.7. The van der Waals surface area contributed by atoms with E-state index in [0.29, 0.717) is 22.7 Å². The minimum absolute atomic E-state index is 0.00494. The number of ketones is 1. The van der Waals surface area contributed by atoms with Crippen LogP contribution in [0, 0.1) is 0 Å². The van der Waals surface area contributed by atoms with Crippen molar-refractivity contribution in [3.63, 3.8) is 0 Å². The Kier molecular flexibility index (Phi) is 5.38. The summed E-state index contributed by atoms with van der Waals surface area (Å²) in [5.74, 6) is 0.00494. The topological polar surface area (TPSA) is 22.0 Å². The summed E-state index contributed by atoms with van der Waals surface area (Å²) in [5.41, 5.74) is 7.91. The molecule has 32 heavy (non-hydrogen) atoms. The number of nitrogens with zero attached hydrogens (tertiary/aromatic N) is 1. The first kappa shape index (κ1) is 20.3. The number of benzene rings is 3. The van der Waals surface area contributed by atoms with Crippen LogP contribution in [0.2, 0.25) is 5.02 Å². The van der Waals surface area contributed by atoms with E-state index < -0.39 is 0 Å². The molecule has 0 spiro atoms. The number of aromatic nitrogens is 1. The summed E-state index contributed by atoms with van der Waals surface area (Å²) in [6.45, 7) is 2.71. The van der Waals surface area contributed by atoms with Crippen LogP contribution in [0.4, 0.5) is 0 Å². The number of halogens is 1. The minimum Gasteiger partial charge on any atom is -0.337 e. The number of carbonyl (C=O) groups excluding carboxylic acids is 1. The molecule has 0 fully saturated rings. The van der Waals surface area contributed by atoms with Crippen LogP contribution >= 0.6 is 11.6 Å². The van der Waals surface area contributed by atoms with Gasteiger partial charge < -0.3 is 4.57 Å². The monoisotopic (exact) mass is 435 g/mol. The van der Waals surface area contributed by atoms with Crippen LogP contribution in [0.3, 0.4) is 0 Å². The van der Waals surface area contributed by atoms with E-state index >= 15 is 0 Å². The third-order valence-electron chi connectivity index (χ3n) is 5.93. The molecule has 1 aromatic heterocycles. The maximum atomic E-state index is 13.4. The maximum absolute atomic E-state index is 13.4. The number of fused-ring (bicyclic) bond motifs is 1. The van der Waals surface area contributed by atoms with Crippen molar-refractivity contribution in [2.75, 3.05) is 0 Å². The molecule has 0 N–H and O–H groups in total. The molecule has 1 aliphatic rings. The molecule has 2 heterocycles. The van der Waals surface area contributed by atoms with Gasteiger partial charge in [-0.05, 0) is 60.0 Å². The molecule has 0 radical (unpaired) electrons. The third-order valence-corrected chi connectivity index (χ3v) is 6.18. The second-order valence-electron chi connectivity index (χ2n) is 7.95. The highest BCUT2D eigenvalue weighted by molar-refractivity contribution is 6.30. The lowest BCUT2D eigenvalue weighted by atomic mass is 9.95. The molecule has 0 saturated carbocycles. The summed E-state index contributed by atoms with van der Waals surface area (Å²) >= 11 is 6.03. The van der Waals surface area contributed by atoms with E-state index in [9.17, 15) is 4.79 Å². The van der Waals surface area contributed by atoms with Crippen molar-refractivity contribution in [3.8, 4) is 22.4 Å². The summed E-state index contributed by atoms with van der Waals surface area (Å²) in [6, 6.07) is 30.1. The van der Waals surface area contributed by atoms with Gasteiger partial charge in [-0.2, -0.15) is 0 Å². The molecule has 3 aromatic carbocycles. The summed E-state index contributed by atoms with van der Waals surface area (Å²) in [6.07, 6.45) is 4.18. The Morgan fingerprint density at radius 2 is 1.47 bits per heavy atom. The van der Waals surface area contributed by atoms with E-state index in [2.05, 4.69) is 53.1 Å². The summed E-state index contributed by atoms with van der Waals surface area (Å²) in [4.78, 5) is 13.4. The zero-order valence-electron chi connectivity index (χ0n) is 17.8. The fourth-order valence-electron chi connectivity index (χ4n) is 4.20. The van der Waals surface area contributed by atoms with Gasteiger partial charge in [0.25, 0.3) is 0 Å². The van der Waals surface area contributed by atoms with Crippen LogP contribution in [0.5, 0.6) is 0 Å². The fraction of sp³-hybridized carbons (Fsp3) is 0.0690. The van der Waals surface area contributed by atoms with Gasteiger partial charge >= 0.3 is 0 Å². The Bertz CT molecular complexity index is 1340. The molecule has 0 atom stereocenters. The Labute approximate surface area is 193 Å². The number of rotatable bonds is 4. The van der Waals surface area contributed by atoms with Gasteiger partial charge in [-0.25, -0.2) is 0 Å². The van der Waals surface area contributed by atoms with Gasteiger partial charge in [0, 0.05) is 34.0 Å². The normalized spacial score (nSPS) is 13.1. The molecular weight excluding hydrogens is 414 g/mol. The van der Waals surface area contributed by atoms with Crippen molar-refractivity contribution in [1.29, 1.82) is 0 Å². The van der Waals surface area contributed by atoms with Crippen molar-refractivity contribution >= 4 is 23.5 Å². The van der Waals surface area contributed by atoms with Gasteiger partial charge in [0.15, 0.2) is 5.78 Å². The van der Waals surface area contributed by atoms with Gasteiger partial charge in [0.1, 0.15) is 0 Å². The van der Waals surface area contributed by atoms with Gasteiger partial charge in [-0.15, -0.1) is 0 Å². The van der Waals surface area contributed by atoms with Crippen molar-refractivity contribution in [2.45, 2.75) is 13.5 Å². The molecule has 2 nitrogen and oxygen atoms in total. The smallest absolute Gasteiger partial charge is 0.193 e. The standard InChI is InChI=1S/C29H22ClNO/c1-20-16-17-31-27(22-10-6-3-7-11-22)19-26(21-8-4-2-5-9-21)28(31)18-25(20)29(32)23-12-14-24(30)15-13-23/h2-16,18-19H,17H2,1H3. The van der Waals surface area contributed by atoms with Crippen molar-refractivity contribution < 1.29 is 4.79 Å². The van der Waals surface area contributed by atoms with Crippen LogP contribution in [0.1, 0.15) is 23.0 Å². The lowest BCUT2D eigenvalue weighted by Crippen LogP contribution is -2.04. The van der Waals surface area contributed by atoms with E-state index in [1.165, 1.54) is 0 Å². The van der Waals surface area contributed by atoms with Gasteiger partial charge in [-0.3, -0.25) is 4.79 Å². The highest BCUT2D eigenvalue weighted by atomic mass is 35.5. The fourth-order valence-corrected chi connectivity index (χ4v) is 4.33. The number of carbonyl (C=O) groups is 1. The Balaban J connectivity index is 1.72. The SMILES string of the molecule is CC1=CCn2c(-c3ccccc3)cc(-c3ccccc3)c2C=C1C(=O)c1ccc(Cl)cc1. The summed E-state index contributed by atoms with van der Waals surface area (Å²) in [7, 11) is 0. The Hall–Kier alpha value is -3.62. The molecule has 0 bridgehead atoms. The lowest BCUT2D eigenvalue weighted by Gasteiger charge is -2.10. The molecule has 0 amide bonds. The molecule has 156 valence electrons. The molecular formula is C29H22ClNO. The predicted molar refractivity (Wildman–Crippen MR) is 133 cm³/mol. The van der Waals surface area contributed by atoms with Crippen LogP contribution in [0.25, 0.3) is 28.5 Å². The lowest BCUT2D eigenvalue weighted by molar-refractivity contribution is 0.103. The van der Waals surface area contributed by atoms with E-state index in [0.717, 1.165) is 33.7 Å². The molecule has 3 heteroatoms. The molecule has 4 aromatic rings. The van der Waals surface area contributed by atoms with Gasteiger partial charge in [-0.1, -0.05) is 78.3 Å². The van der Waals surface area contributed by atoms with E-state index in [1.54, 1.807) is 24.3 Å². The maximum Gasteiger partial charge on any atom is 0.193 e. The summed E-state index contributed by atoms with van der Waals surface area (Å²) in [5, 5.41) is 0.622. The molecule has 0 saturated heterocycles. The zero-order valence-corrected chi connectivity index (χ0v) is 18.5. The highest BCUT2D eigenvalue weighted by Crippen LogP contribution is 2.37. The number of hydrogen-bond donors (Lipinski definition) is 0. The van der Waals surface area contributed by atoms with Crippen LogP contribution < -0.4 is 0 Å². The quantitative estimate of drug-likeness (QED) is 0.301. The van der Waals surface area contributed by atoms with Crippen LogP contribution in [-0.2, 0) is 6.54 Å². The highest BCUT2D eigenvalue weighted by Gasteiger charge is 2.22. The second-order valence-corrected chi connectivity index (χ2v) is 8.39. The van der Waals surface area contributed by atoms with Crippen molar-refractivity contribution in [2.24, 2.45) is 0 Å². The van der Waals surface area contributed by atoms with E-state index in [4.69, 9.17) is 11.6 Å². The van der Waals surface area contributed by atoms with Crippen LogP contribution in [0.15, 0.2) is 108 Å². The van der Waals surface area contributed by atoms with E-state index in [1.807, 2.05) is 37.3 Å². The predicted octanol–water partition coefficient (Wildman–Crippen LogP) is 7.70. The molecule has 5 rings (SSSR count). The molecule has 0 aliphatic carbocycles. The van der Waals surface area contributed by atoms with Crippen LogP contribution in [-0.4, -0.2) is 10.4 Å². The largest absolute Gasteiger partial charge is 0.337 e. The minimum atomic E-state index is 0.00494. The average Bonchev–Trinajstić information content (AvgIpc) is 3.11. The van der Waals surface area contributed by atoms with Gasteiger partial charge in [0.2, 0.25) is 0 Å². The van der Waals surface area contributed by atoms with Crippen molar-refractivity contribution in [1.82, 2.24) is 4.57 Å². The molecule has 1 aliphatic heterocycles. The molecule has 0 unspecified atom stereocenters. The zero-order chi connectivity index (χ0) is 22.1. The van der Waals surface area contributed by atoms with Crippen molar-refractivity contribution in [3.05, 3.63) is 124 Å². The average molecular weight is 436 g/mol.